The quantitative estimate of drug-likeness (QED) is 0.461. The molecular formula is C21H21N3O5. The number of aliphatic carboxylic acids is 2. The molecule has 0 radical (unpaired) electrons. The first kappa shape index (κ1) is 20.1. The van der Waals surface area contributed by atoms with Crippen LogP contribution in [0.5, 0.6) is 0 Å². The van der Waals surface area contributed by atoms with Gasteiger partial charge in [-0.15, -0.1) is 0 Å². The fourth-order valence-electron chi connectivity index (χ4n) is 3.53. The molecule has 29 heavy (non-hydrogen) atoms. The lowest BCUT2D eigenvalue weighted by Gasteiger charge is -2.19. The summed E-state index contributed by atoms with van der Waals surface area (Å²) in [5.41, 5.74) is 4.21. The number of aromatic nitrogens is 3. The second kappa shape index (κ2) is 8.55. The summed E-state index contributed by atoms with van der Waals surface area (Å²) < 4.78 is 2.03. The smallest absolute Gasteiger partial charge is 0.328 e. The molecule has 150 valence electrons. The number of carbonyl (C=O) groups is 3. The molecule has 0 aliphatic heterocycles. The Bertz CT molecular complexity index is 1080. The van der Waals surface area contributed by atoms with Crippen LogP contribution in [-0.4, -0.2) is 42.5 Å². The number of H-pyrrole nitrogens is 1. The molecule has 0 amide bonds. The molecule has 1 unspecified atom stereocenters. The number of Topliss-reactive ketones (excluding diaryl/α,β-unsaturated/α-hetero) is 1. The molecule has 0 saturated heterocycles. The van der Waals surface area contributed by atoms with Gasteiger partial charge in [-0.25, -0.2) is 14.6 Å². The molecule has 3 aromatic rings. The Balaban J connectivity index is 0.000000258. The zero-order valence-corrected chi connectivity index (χ0v) is 15.8. The molecule has 2 heterocycles. The number of hydrogen-bond donors (Lipinski definition) is 3. The van der Waals surface area contributed by atoms with E-state index in [2.05, 4.69) is 16.0 Å². The molecule has 1 aliphatic carbocycles. The largest absolute Gasteiger partial charge is 0.478 e. The second-order valence-corrected chi connectivity index (χ2v) is 6.81. The van der Waals surface area contributed by atoms with Gasteiger partial charge in [0.2, 0.25) is 0 Å². The van der Waals surface area contributed by atoms with E-state index in [9.17, 15) is 14.4 Å². The number of nitrogens with zero attached hydrogens (tertiary/aromatic N) is 2. The van der Waals surface area contributed by atoms with Crippen molar-refractivity contribution in [2.24, 2.45) is 13.0 Å². The van der Waals surface area contributed by atoms with E-state index in [1.165, 1.54) is 0 Å². The number of hydrogen-bond acceptors (Lipinski definition) is 4. The Kier molecular flexibility index (Phi) is 5.92. The van der Waals surface area contributed by atoms with Crippen molar-refractivity contribution in [3.63, 3.8) is 0 Å². The lowest BCUT2D eigenvalue weighted by atomic mass is 9.84. The Morgan fingerprint density at radius 3 is 2.55 bits per heavy atom. The molecule has 8 heteroatoms. The molecule has 3 N–H and O–H groups in total. The van der Waals surface area contributed by atoms with Crippen LogP contribution >= 0.6 is 0 Å². The molecule has 8 nitrogen and oxygen atoms in total. The van der Waals surface area contributed by atoms with Crippen LogP contribution in [0, 0.1) is 5.92 Å². The van der Waals surface area contributed by atoms with Crippen LogP contribution in [0.15, 0.2) is 48.9 Å². The van der Waals surface area contributed by atoms with E-state index in [1.54, 1.807) is 6.33 Å². The lowest BCUT2D eigenvalue weighted by molar-refractivity contribution is -0.134. The van der Waals surface area contributed by atoms with E-state index in [-0.39, 0.29) is 11.7 Å². The fourth-order valence-corrected chi connectivity index (χ4v) is 3.53. The molecule has 0 bridgehead atoms. The van der Waals surface area contributed by atoms with Crippen molar-refractivity contribution < 1.29 is 24.6 Å². The topological polar surface area (TPSA) is 125 Å². The monoisotopic (exact) mass is 395 g/mol. The van der Waals surface area contributed by atoms with Gasteiger partial charge >= 0.3 is 11.9 Å². The highest BCUT2D eigenvalue weighted by Gasteiger charge is 2.28. The fraction of sp³-hybridized carbons (Fsp3) is 0.238. The summed E-state index contributed by atoms with van der Waals surface area (Å²) in [7, 11) is 1.99. The lowest BCUT2D eigenvalue weighted by Crippen LogP contribution is -2.22. The number of fused-ring (bicyclic) bond motifs is 2. The van der Waals surface area contributed by atoms with Crippen LogP contribution in [0.4, 0.5) is 0 Å². The first-order valence-electron chi connectivity index (χ1n) is 9.10. The molecular weight excluding hydrogens is 374 g/mol. The zero-order chi connectivity index (χ0) is 21.0. The van der Waals surface area contributed by atoms with Gasteiger partial charge in [0.1, 0.15) is 0 Å². The minimum Gasteiger partial charge on any atom is -0.478 e. The molecule has 0 saturated carbocycles. The number of rotatable bonds is 4. The van der Waals surface area contributed by atoms with Gasteiger partial charge < -0.3 is 19.8 Å². The average Bonchev–Trinajstić information content (AvgIpc) is 3.30. The predicted molar refractivity (Wildman–Crippen MR) is 106 cm³/mol. The third-order valence-electron chi connectivity index (χ3n) is 4.89. The van der Waals surface area contributed by atoms with Crippen LogP contribution in [0.2, 0.25) is 0 Å². The van der Waals surface area contributed by atoms with E-state index < -0.39 is 11.9 Å². The minimum absolute atomic E-state index is 0.0590. The number of aryl methyl sites for hydroxylation is 2. The Labute approximate surface area is 166 Å². The molecule has 0 fully saturated rings. The maximum absolute atomic E-state index is 12.9. The maximum Gasteiger partial charge on any atom is 0.328 e. The number of carboxylic acid groups (broad SMARTS) is 2. The minimum atomic E-state index is -1.26. The van der Waals surface area contributed by atoms with E-state index in [4.69, 9.17) is 10.2 Å². The van der Waals surface area contributed by atoms with Crippen molar-refractivity contribution in [2.45, 2.75) is 19.3 Å². The first-order valence-corrected chi connectivity index (χ1v) is 9.10. The number of ketones is 1. The standard InChI is InChI=1S/C17H17N3O.C4H4O4/c1-20-9-13(12-4-2-3-5-16(12)20)17(21)11-6-7-14-15(8-11)19-10-18-14;5-3(6)1-2-4(7)8/h2-5,9-11H,6-8H2,1H3,(H,18,19);1-2H,(H,5,6)(H,7,8)/b;2-1+. The van der Waals surface area contributed by atoms with Gasteiger partial charge in [0.05, 0.1) is 12.0 Å². The maximum atomic E-state index is 12.9. The number of imidazole rings is 1. The zero-order valence-electron chi connectivity index (χ0n) is 15.8. The van der Waals surface area contributed by atoms with Crippen LogP contribution in [0.3, 0.4) is 0 Å². The third kappa shape index (κ3) is 4.60. The SMILES string of the molecule is Cn1cc(C(=O)C2CCc3nc[nH]c3C2)c2ccccc21.O=C(O)/C=C/C(=O)O. The highest BCUT2D eigenvalue weighted by molar-refractivity contribution is 6.09. The number of carbonyl (C=O) groups excluding carboxylic acids is 1. The summed E-state index contributed by atoms with van der Waals surface area (Å²) in [6, 6.07) is 8.09. The van der Waals surface area contributed by atoms with Crippen molar-refractivity contribution in [2.75, 3.05) is 0 Å². The average molecular weight is 395 g/mol. The highest BCUT2D eigenvalue weighted by Crippen LogP contribution is 2.29. The summed E-state index contributed by atoms with van der Waals surface area (Å²) in [6.07, 6.45) is 7.37. The van der Waals surface area contributed by atoms with Crippen molar-refractivity contribution in [1.82, 2.24) is 14.5 Å². The summed E-state index contributed by atoms with van der Waals surface area (Å²) >= 11 is 0. The van der Waals surface area contributed by atoms with Gasteiger partial charge in [0.25, 0.3) is 0 Å². The van der Waals surface area contributed by atoms with E-state index in [1.807, 2.05) is 36.0 Å². The van der Waals surface area contributed by atoms with Crippen molar-refractivity contribution in [1.29, 1.82) is 0 Å². The molecule has 1 aromatic carbocycles. The Hall–Kier alpha value is -3.68. The number of benzene rings is 1. The summed E-state index contributed by atoms with van der Waals surface area (Å²) in [4.78, 5) is 39.5. The van der Waals surface area contributed by atoms with Crippen LogP contribution in [0.1, 0.15) is 28.2 Å². The van der Waals surface area contributed by atoms with Gasteiger partial charge in [-0.3, -0.25) is 4.79 Å². The molecule has 4 rings (SSSR count). The molecule has 2 aromatic heterocycles. The van der Waals surface area contributed by atoms with Gasteiger partial charge in [-0.1, -0.05) is 18.2 Å². The Morgan fingerprint density at radius 2 is 1.86 bits per heavy atom. The number of aromatic amines is 1. The summed E-state index contributed by atoms with van der Waals surface area (Å²) in [5.74, 6) is -2.20. The molecule has 1 atom stereocenters. The van der Waals surface area contributed by atoms with Crippen LogP contribution in [0.25, 0.3) is 10.9 Å². The van der Waals surface area contributed by atoms with Crippen molar-refractivity contribution in [3.05, 3.63) is 65.9 Å². The summed E-state index contributed by atoms with van der Waals surface area (Å²) in [6.45, 7) is 0. The predicted octanol–water partition coefficient (Wildman–Crippen LogP) is 2.60. The van der Waals surface area contributed by atoms with Crippen molar-refractivity contribution >= 4 is 28.6 Å². The second-order valence-electron chi connectivity index (χ2n) is 6.81. The normalized spacial score (nSPS) is 15.6. The molecule has 1 aliphatic rings. The van der Waals surface area contributed by atoms with Crippen LogP contribution < -0.4 is 0 Å². The van der Waals surface area contributed by atoms with E-state index in [0.29, 0.717) is 12.2 Å². The molecule has 0 spiro atoms. The Morgan fingerprint density at radius 1 is 1.17 bits per heavy atom. The summed E-state index contributed by atoms with van der Waals surface area (Å²) in [5, 5.41) is 16.7. The van der Waals surface area contributed by atoms with Crippen molar-refractivity contribution in [3.8, 4) is 0 Å². The van der Waals surface area contributed by atoms with E-state index in [0.717, 1.165) is 47.1 Å². The van der Waals surface area contributed by atoms with Gasteiger partial charge in [-0.2, -0.15) is 0 Å². The highest BCUT2D eigenvalue weighted by atomic mass is 16.4. The third-order valence-corrected chi connectivity index (χ3v) is 4.89. The van der Waals surface area contributed by atoms with Gasteiger partial charge in [-0.05, 0) is 25.3 Å². The van der Waals surface area contributed by atoms with Gasteiger partial charge in [0.15, 0.2) is 5.78 Å². The van der Waals surface area contributed by atoms with E-state index >= 15 is 0 Å². The number of carboxylic acids is 2. The van der Waals surface area contributed by atoms with Crippen LogP contribution in [-0.2, 0) is 29.5 Å². The van der Waals surface area contributed by atoms with Gasteiger partial charge in [0, 0.05) is 53.5 Å². The number of nitrogens with one attached hydrogen (secondary N) is 1. The number of para-hydroxylation sites is 1. The first-order chi connectivity index (χ1) is 13.9.